The first kappa shape index (κ1) is 37.7. The summed E-state index contributed by atoms with van der Waals surface area (Å²) in [5.74, 6) is -2.95. The van der Waals surface area contributed by atoms with E-state index >= 15 is 0 Å². The molecule has 1 aromatic carbocycles. The van der Waals surface area contributed by atoms with Crippen LogP contribution in [0, 0.1) is 11.8 Å². The highest BCUT2D eigenvalue weighted by molar-refractivity contribution is 7.52. The largest absolute Gasteiger partial charge is 0.461 e. The van der Waals surface area contributed by atoms with Gasteiger partial charge < -0.3 is 34.3 Å². The lowest BCUT2D eigenvalue weighted by molar-refractivity contribution is -0.188. The van der Waals surface area contributed by atoms with E-state index in [0.29, 0.717) is 5.52 Å². The fourth-order valence-electron chi connectivity index (χ4n) is 4.74. The minimum Gasteiger partial charge on any atom is -0.461 e. The number of fused-ring (bicyclic) bond motifs is 1. The van der Waals surface area contributed by atoms with Crippen molar-refractivity contribution in [2.45, 2.75) is 77.9 Å². The second kappa shape index (κ2) is 15.2. The Morgan fingerprint density at radius 3 is 2.39 bits per heavy atom. The lowest BCUT2D eigenvalue weighted by Gasteiger charge is -2.35. The predicted molar refractivity (Wildman–Crippen MR) is 175 cm³/mol. The summed E-state index contributed by atoms with van der Waals surface area (Å²) in [7, 11) is -4.42. The average Bonchev–Trinajstić information content (AvgIpc) is 3.62. The van der Waals surface area contributed by atoms with Crippen LogP contribution in [0.3, 0.4) is 0 Å². The first-order chi connectivity index (χ1) is 22.9. The van der Waals surface area contributed by atoms with Gasteiger partial charge in [0.25, 0.3) is 0 Å². The van der Waals surface area contributed by atoms with Crippen molar-refractivity contribution < 1.29 is 52.1 Å². The number of aliphatic hydroxyl groups is 1. The number of hydrogen-bond donors (Lipinski definition) is 3. The minimum absolute atomic E-state index is 0.154. The molecule has 2 aromatic heterocycles. The van der Waals surface area contributed by atoms with E-state index in [9.17, 15) is 24.1 Å². The molecule has 1 fully saturated rings. The van der Waals surface area contributed by atoms with Crippen LogP contribution in [-0.2, 0) is 48.0 Å². The van der Waals surface area contributed by atoms with Gasteiger partial charge in [-0.3, -0.25) is 18.9 Å². The second-order valence-corrected chi connectivity index (χ2v) is 14.7. The van der Waals surface area contributed by atoms with Crippen LogP contribution < -0.4 is 15.3 Å². The normalized spacial score (nSPS) is 21.3. The molecule has 17 heteroatoms. The lowest BCUT2D eigenvalue weighted by Crippen LogP contribution is -2.50. The zero-order chi connectivity index (χ0) is 36.1. The molecule has 1 saturated heterocycles. The zero-order valence-corrected chi connectivity index (χ0v) is 29.4. The summed E-state index contributed by atoms with van der Waals surface area (Å²) in [5.41, 5.74) is 3.71. The monoisotopic (exact) mass is 705 g/mol. The van der Waals surface area contributed by atoms with E-state index in [0.717, 1.165) is 0 Å². The Hall–Kier alpha value is -4.08. The van der Waals surface area contributed by atoms with Crippen molar-refractivity contribution in [3.63, 3.8) is 0 Å². The van der Waals surface area contributed by atoms with Gasteiger partial charge in [-0.1, -0.05) is 45.9 Å². The number of hydrogen-bond acceptors (Lipinski definition) is 14. The van der Waals surface area contributed by atoms with Crippen molar-refractivity contribution in [3.8, 4) is 5.75 Å². The molecule has 49 heavy (non-hydrogen) atoms. The third-order valence-corrected chi connectivity index (χ3v) is 8.99. The Balaban J connectivity index is 1.71. The summed E-state index contributed by atoms with van der Waals surface area (Å²) >= 11 is 0. The second-order valence-electron chi connectivity index (χ2n) is 13.0. The Morgan fingerprint density at radius 1 is 1.08 bits per heavy atom. The van der Waals surface area contributed by atoms with Crippen molar-refractivity contribution in [1.29, 1.82) is 0 Å². The predicted octanol–water partition coefficient (Wildman–Crippen LogP) is 3.17. The molecule has 3 aromatic rings. The van der Waals surface area contributed by atoms with Gasteiger partial charge in [0.05, 0.1) is 36.3 Å². The van der Waals surface area contributed by atoms with Crippen LogP contribution in [0.1, 0.15) is 54.2 Å². The van der Waals surface area contributed by atoms with Crippen LogP contribution >= 0.6 is 7.75 Å². The summed E-state index contributed by atoms with van der Waals surface area (Å²) < 4.78 is 50.7. The maximum atomic E-state index is 14.3. The molecule has 4 rings (SSSR count). The third kappa shape index (κ3) is 9.13. The summed E-state index contributed by atoms with van der Waals surface area (Å²) in [5, 5.41) is 16.8. The van der Waals surface area contributed by atoms with Gasteiger partial charge in [0.2, 0.25) is 5.60 Å². The first-order valence-electron chi connectivity index (χ1n) is 15.7. The quantitative estimate of drug-likeness (QED) is 0.118. The number of nitrogens with two attached hydrogens (primary N) is 1. The smallest absolute Gasteiger partial charge is 0.459 e. The number of nitrogen functional groups attached to an aromatic ring is 1. The van der Waals surface area contributed by atoms with Gasteiger partial charge in [0.1, 0.15) is 36.3 Å². The van der Waals surface area contributed by atoms with Gasteiger partial charge in [0.15, 0.2) is 11.9 Å². The molecule has 0 bridgehead atoms. The number of para-hydroxylation sites is 1. The number of nitrogens with one attached hydrogen (secondary N) is 1. The standard InChI is InChI=1S/C32H44N5O11P/c1-19(2)28(38)46-26-24(43-17-32(26,47-29(39)20(3)4)25-14-13-23-27(33)34-18-35-37(23)25)15-45-49(42,48-22-11-9-8-10-12-22)36-21(5)30(40)44-16-31(6,7)41/h8-14,18-21,24,26,41H,15-17H2,1-7H3,(H,36,42)(H2,33,34,35)/t21-,24+,26+,32-,49-/m0/s1. The van der Waals surface area contributed by atoms with Gasteiger partial charge in [0, 0.05) is 0 Å². The van der Waals surface area contributed by atoms with E-state index in [1.807, 2.05) is 0 Å². The number of nitrogens with zero attached hydrogens (tertiary/aromatic N) is 3. The van der Waals surface area contributed by atoms with Gasteiger partial charge in [-0.2, -0.15) is 10.2 Å². The first-order valence-corrected chi connectivity index (χ1v) is 17.3. The van der Waals surface area contributed by atoms with Crippen molar-refractivity contribution in [3.05, 3.63) is 54.5 Å². The van der Waals surface area contributed by atoms with E-state index in [1.54, 1.807) is 58.0 Å². The molecule has 0 spiro atoms. The molecule has 5 atom stereocenters. The number of ether oxygens (including phenoxy) is 4. The number of benzene rings is 1. The van der Waals surface area contributed by atoms with Crippen LogP contribution in [0.5, 0.6) is 5.75 Å². The number of anilines is 1. The molecule has 1 aliphatic heterocycles. The fourth-order valence-corrected chi connectivity index (χ4v) is 6.25. The Kier molecular flexibility index (Phi) is 11.7. The summed E-state index contributed by atoms with van der Waals surface area (Å²) in [4.78, 5) is 43.2. The summed E-state index contributed by atoms with van der Waals surface area (Å²) in [6.45, 7) is 9.72. The topological polar surface area (TPSA) is 212 Å². The molecule has 0 saturated carbocycles. The van der Waals surface area contributed by atoms with Gasteiger partial charge in [-0.15, -0.1) is 0 Å². The van der Waals surface area contributed by atoms with Gasteiger partial charge in [-0.25, -0.2) is 14.1 Å². The highest BCUT2D eigenvalue weighted by Crippen LogP contribution is 2.48. The molecule has 3 heterocycles. The fraction of sp³-hybridized carbons (Fsp3) is 0.531. The van der Waals surface area contributed by atoms with Crippen molar-refractivity contribution >= 4 is 37.0 Å². The highest BCUT2D eigenvalue weighted by Gasteiger charge is 2.59. The van der Waals surface area contributed by atoms with E-state index in [4.69, 9.17) is 33.7 Å². The molecule has 0 aliphatic carbocycles. The molecule has 268 valence electrons. The number of carbonyl (C=O) groups excluding carboxylic acids is 3. The van der Waals surface area contributed by atoms with Crippen molar-refractivity contribution in [2.75, 3.05) is 25.6 Å². The number of aromatic nitrogens is 3. The van der Waals surface area contributed by atoms with Crippen LogP contribution in [0.25, 0.3) is 5.52 Å². The number of carbonyl (C=O) groups is 3. The molecule has 1 aliphatic rings. The maximum Gasteiger partial charge on any atom is 0.459 e. The highest BCUT2D eigenvalue weighted by atomic mass is 31.2. The van der Waals surface area contributed by atoms with Crippen LogP contribution in [0.4, 0.5) is 5.82 Å². The van der Waals surface area contributed by atoms with Crippen molar-refractivity contribution in [1.82, 2.24) is 19.7 Å². The zero-order valence-electron chi connectivity index (χ0n) is 28.5. The lowest BCUT2D eigenvalue weighted by atomic mass is 9.91. The molecular weight excluding hydrogens is 661 g/mol. The van der Waals surface area contributed by atoms with E-state index in [1.165, 1.54) is 43.7 Å². The van der Waals surface area contributed by atoms with Crippen LogP contribution in [-0.4, -0.2) is 81.3 Å². The van der Waals surface area contributed by atoms with E-state index in [-0.39, 0.29) is 30.5 Å². The Morgan fingerprint density at radius 2 is 1.76 bits per heavy atom. The van der Waals surface area contributed by atoms with E-state index in [2.05, 4.69) is 15.2 Å². The van der Waals surface area contributed by atoms with Gasteiger partial charge >= 0.3 is 25.7 Å². The molecule has 0 amide bonds. The van der Waals surface area contributed by atoms with Crippen LogP contribution in [0.2, 0.25) is 0 Å². The molecule has 0 unspecified atom stereocenters. The summed E-state index contributed by atoms with van der Waals surface area (Å²) in [6, 6.07) is 10.1. The molecule has 4 N–H and O–H groups in total. The SMILES string of the molecule is CC(C)C(=O)O[C@@H]1[C@@H](CO[P@@](=O)(N[C@@H](C)C(=O)OCC(C)(C)O)Oc2ccccc2)OC[C@]1(OC(=O)C(C)C)c1ccc2c(N)ncnn12. The third-order valence-electron chi connectivity index (χ3n) is 7.34. The molecular formula is C32H44N5O11P. The number of esters is 3. The molecule has 0 radical (unpaired) electrons. The van der Waals surface area contributed by atoms with Crippen LogP contribution in [0.15, 0.2) is 48.8 Å². The average molecular weight is 706 g/mol. The van der Waals surface area contributed by atoms with Gasteiger partial charge in [-0.05, 0) is 45.0 Å². The summed E-state index contributed by atoms with van der Waals surface area (Å²) in [6.07, 6.45) is -1.30. The maximum absolute atomic E-state index is 14.3. The minimum atomic E-state index is -4.42. The van der Waals surface area contributed by atoms with E-state index < -0.39 is 73.5 Å². The molecule has 16 nitrogen and oxygen atoms in total. The van der Waals surface area contributed by atoms with Crippen molar-refractivity contribution in [2.24, 2.45) is 11.8 Å². The Labute approximate surface area is 284 Å². The Bertz CT molecular complexity index is 1680. The number of rotatable bonds is 15.